The maximum absolute atomic E-state index is 12.8. The predicted molar refractivity (Wildman–Crippen MR) is 56.6 cm³/mol. The molecule has 2 aromatic rings. The van der Waals surface area contributed by atoms with Crippen molar-refractivity contribution in [2.45, 2.75) is 0 Å². The van der Waals surface area contributed by atoms with Crippen LogP contribution in [0.25, 0.3) is 0 Å². The Bertz CT molecular complexity index is 493. The molecule has 0 aliphatic carbocycles. The van der Waals surface area contributed by atoms with Gasteiger partial charge in [0.15, 0.2) is 0 Å². The number of halogens is 2. The summed E-state index contributed by atoms with van der Waals surface area (Å²) < 4.78 is 30.4. The largest absolute Gasteiger partial charge is 0.579 e. The maximum atomic E-state index is 12.8. The van der Waals surface area contributed by atoms with Crippen LogP contribution < -0.4 is 10.2 Å². The first-order valence-corrected chi connectivity index (χ1v) is 4.74. The van der Waals surface area contributed by atoms with Crippen LogP contribution in [0.1, 0.15) is 0 Å². The zero-order chi connectivity index (χ0) is 12.3. The predicted octanol–water partition coefficient (Wildman–Crippen LogP) is 0.521. The van der Waals surface area contributed by atoms with Gasteiger partial charge in [-0.1, -0.05) is 6.07 Å². The first-order valence-electron chi connectivity index (χ1n) is 4.74. The SMILES string of the molecule is OB(Oc1cc(F)nc(F)c1)c1ccccn1. The van der Waals surface area contributed by atoms with Gasteiger partial charge in [0.25, 0.3) is 0 Å². The summed E-state index contributed by atoms with van der Waals surface area (Å²) in [5.41, 5.74) is 0.241. The summed E-state index contributed by atoms with van der Waals surface area (Å²) in [6.45, 7) is 0. The van der Waals surface area contributed by atoms with Gasteiger partial charge in [0.05, 0.1) is 5.59 Å². The van der Waals surface area contributed by atoms with Crippen molar-refractivity contribution in [2.75, 3.05) is 0 Å². The van der Waals surface area contributed by atoms with Crippen LogP contribution in [0.5, 0.6) is 5.75 Å². The number of hydrogen-bond acceptors (Lipinski definition) is 4. The van der Waals surface area contributed by atoms with E-state index in [4.69, 9.17) is 4.65 Å². The van der Waals surface area contributed by atoms with Crippen LogP contribution in [0, 0.1) is 11.9 Å². The molecule has 0 unspecified atom stereocenters. The van der Waals surface area contributed by atoms with Crippen molar-refractivity contribution in [3.63, 3.8) is 0 Å². The highest BCUT2D eigenvalue weighted by molar-refractivity contribution is 6.59. The van der Waals surface area contributed by atoms with Gasteiger partial charge in [-0.3, -0.25) is 4.98 Å². The van der Waals surface area contributed by atoms with Gasteiger partial charge in [-0.25, -0.2) is 0 Å². The second-order valence-electron chi connectivity index (χ2n) is 3.17. The van der Waals surface area contributed by atoms with Gasteiger partial charge < -0.3 is 9.68 Å². The van der Waals surface area contributed by atoms with Crippen LogP contribution in [-0.2, 0) is 0 Å². The van der Waals surface area contributed by atoms with Gasteiger partial charge in [0.1, 0.15) is 5.75 Å². The Morgan fingerprint density at radius 1 is 1.18 bits per heavy atom. The lowest BCUT2D eigenvalue weighted by Crippen LogP contribution is -2.38. The quantitative estimate of drug-likeness (QED) is 0.623. The van der Waals surface area contributed by atoms with Crippen molar-refractivity contribution < 1.29 is 18.5 Å². The van der Waals surface area contributed by atoms with Crippen molar-refractivity contribution in [1.82, 2.24) is 9.97 Å². The Balaban J connectivity index is 2.16. The Hall–Kier alpha value is -2.02. The molecule has 2 aromatic heterocycles. The van der Waals surface area contributed by atoms with Crippen LogP contribution >= 0.6 is 0 Å². The molecule has 1 N–H and O–H groups in total. The Morgan fingerprint density at radius 2 is 1.88 bits per heavy atom. The lowest BCUT2D eigenvalue weighted by Gasteiger charge is -2.08. The summed E-state index contributed by atoms with van der Waals surface area (Å²) in [7, 11) is -1.39. The minimum absolute atomic E-state index is 0.159. The third kappa shape index (κ3) is 2.98. The zero-order valence-corrected chi connectivity index (χ0v) is 8.55. The zero-order valence-electron chi connectivity index (χ0n) is 8.55. The van der Waals surface area contributed by atoms with Crippen LogP contribution in [-0.4, -0.2) is 22.1 Å². The molecule has 0 aromatic carbocycles. The fourth-order valence-corrected chi connectivity index (χ4v) is 1.22. The molecular formula is C10H7BF2N2O2. The maximum Gasteiger partial charge on any atom is 0.579 e. The molecular weight excluding hydrogens is 229 g/mol. The summed E-state index contributed by atoms with van der Waals surface area (Å²) in [6, 6.07) is 6.59. The van der Waals surface area contributed by atoms with Gasteiger partial charge in [-0.2, -0.15) is 13.8 Å². The number of pyridine rings is 2. The molecule has 2 heterocycles. The fourth-order valence-electron chi connectivity index (χ4n) is 1.22. The van der Waals surface area contributed by atoms with Crippen LogP contribution in [0.15, 0.2) is 36.5 Å². The summed E-state index contributed by atoms with van der Waals surface area (Å²) in [4.78, 5) is 6.75. The lowest BCUT2D eigenvalue weighted by molar-refractivity contribution is 0.421. The molecule has 0 spiro atoms. The van der Waals surface area contributed by atoms with Gasteiger partial charge in [-0.05, 0) is 12.1 Å². The molecule has 0 aliphatic rings. The Morgan fingerprint density at radius 3 is 2.47 bits per heavy atom. The average Bonchev–Trinajstić information content (AvgIpc) is 2.28. The minimum atomic E-state index is -1.39. The molecule has 0 bridgehead atoms. The first kappa shape index (κ1) is 11.5. The number of rotatable bonds is 3. The normalized spacial score (nSPS) is 10.1. The van der Waals surface area contributed by atoms with E-state index in [9.17, 15) is 13.8 Å². The standard InChI is InChI=1S/C10H7BF2N2O2/c12-9-5-7(6-10(13)15-9)17-11(16)8-3-1-2-4-14-8/h1-6,16H. The average molecular weight is 236 g/mol. The molecule has 86 valence electrons. The number of nitrogens with zero attached hydrogens (tertiary/aromatic N) is 2. The van der Waals surface area contributed by atoms with Crippen molar-refractivity contribution >= 4 is 12.7 Å². The molecule has 0 saturated carbocycles. The molecule has 17 heavy (non-hydrogen) atoms. The Labute approximate surface area is 96.1 Å². The van der Waals surface area contributed by atoms with Crippen LogP contribution in [0.4, 0.5) is 8.78 Å². The summed E-state index contributed by atoms with van der Waals surface area (Å²) >= 11 is 0. The third-order valence-corrected chi connectivity index (χ3v) is 1.92. The first-order chi connectivity index (χ1) is 8.15. The molecule has 7 heteroatoms. The van der Waals surface area contributed by atoms with E-state index >= 15 is 0 Å². The Kier molecular flexibility index (Phi) is 3.29. The van der Waals surface area contributed by atoms with Gasteiger partial charge in [0.2, 0.25) is 11.9 Å². The summed E-state index contributed by atoms with van der Waals surface area (Å²) in [5.74, 6) is -2.20. The van der Waals surface area contributed by atoms with Crippen molar-refractivity contribution in [1.29, 1.82) is 0 Å². The topological polar surface area (TPSA) is 55.2 Å². The highest BCUT2D eigenvalue weighted by atomic mass is 19.1. The van der Waals surface area contributed by atoms with Gasteiger partial charge in [-0.15, -0.1) is 0 Å². The second kappa shape index (κ2) is 4.88. The smallest absolute Gasteiger partial charge is 0.531 e. The van der Waals surface area contributed by atoms with E-state index in [1.54, 1.807) is 12.1 Å². The van der Waals surface area contributed by atoms with E-state index in [0.29, 0.717) is 0 Å². The highest BCUT2D eigenvalue weighted by Gasteiger charge is 2.20. The molecule has 0 fully saturated rings. The van der Waals surface area contributed by atoms with Crippen LogP contribution in [0.3, 0.4) is 0 Å². The molecule has 0 saturated heterocycles. The van der Waals surface area contributed by atoms with E-state index in [0.717, 1.165) is 12.1 Å². The number of aromatic nitrogens is 2. The number of hydrogen-bond donors (Lipinski definition) is 1. The van der Waals surface area contributed by atoms with Crippen molar-refractivity contribution in [2.24, 2.45) is 0 Å². The molecule has 0 amide bonds. The molecule has 0 aliphatic heterocycles. The molecule has 0 atom stereocenters. The van der Waals surface area contributed by atoms with Crippen molar-refractivity contribution in [3.05, 3.63) is 48.4 Å². The van der Waals surface area contributed by atoms with E-state index < -0.39 is 19.0 Å². The molecule has 0 radical (unpaired) electrons. The summed E-state index contributed by atoms with van der Waals surface area (Å²) in [6.07, 6.45) is 1.47. The van der Waals surface area contributed by atoms with Gasteiger partial charge in [0, 0.05) is 18.3 Å². The van der Waals surface area contributed by atoms with Crippen molar-refractivity contribution in [3.8, 4) is 5.75 Å². The minimum Gasteiger partial charge on any atom is -0.531 e. The summed E-state index contributed by atoms with van der Waals surface area (Å²) in [5, 5.41) is 9.61. The fraction of sp³-hybridized carbons (Fsp3) is 0. The monoisotopic (exact) mass is 236 g/mol. The molecule has 4 nitrogen and oxygen atoms in total. The van der Waals surface area contributed by atoms with Gasteiger partial charge >= 0.3 is 7.12 Å². The van der Waals surface area contributed by atoms with E-state index in [1.807, 2.05) is 0 Å². The van der Waals surface area contributed by atoms with Crippen LogP contribution in [0.2, 0.25) is 0 Å². The van der Waals surface area contributed by atoms with E-state index in [1.165, 1.54) is 12.3 Å². The van der Waals surface area contributed by atoms with E-state index in [2.05, 4.69) is 9.97 Å². The van der Waals surface area contributed by atoms with E-state index in [-0.39, 0.29) is 11.3 Å². The highest BCUT2D eigenvalue weighted by Crippen LogP contribution is 2.12. The lowest BCUT2D eigenvalue weighted by atomic mass is 9.84. The molecule has 2 rings (SSSR count). The third-order valence-electron chi connectivity index (χ3n) is 1.92. The second-order valence-corrected chi connectivity index (χ2v) is 3.17.